The molecule has 96 valence electrons. The van der Waals surface area contributed by atoms with Gasteiger partial charge in [0.1, 0.15) is 0 Å². The molecule has 1 N–H and O–H groups in total. The number of hydrogen-bond donors (Lipinski definition) is 1. The van der Waals surface area contributed by atoms with Crippen molar-refractivity contribution in [3.63, 3.8) is 0 Å². The lowest BCUT2D eigenvalue weighted by atomic mass is 10.2. The van der Waals surface area contributed by atoms with E-state index in [1.807, 2.05) is 6.07 Å². The van der Waals surface area contributed by atoms with Gasteiger partial charge in [0.15, 0.2) is 0 Å². The van der Waals surface area contributed by atoms with Crippen LogP contribution in [-0.4, -0.2) is 19.0 Å². The molecule has 19 heavy (non-hydrogen) atoms. The molecule has 0 aliphatic rings. The van der Waals surface area contributed by atoms with Crippen LogP contribution < -0.4 is 10.1 Å². The van der Waals surface area contributed by atoms with Crippen molar-refractivity contribution in [1.29, 1.82) is 0 Å². The summed E-state index contributed by atoms with van der Waals surface area (Å²) in [5.74, 6) is -0.641. The number of hydrogen-bond acceptors (Lipinski definition) is 3. The molecule has 2 rings (SSSR count). The number of carbonyl (C=O) groups excluding carboxylic acids is 2. The lowest BCUT2D eigenvalue weighted by Gasteiger charge is -2.00. The molecule has 0 aliphatic heterocycles. The number of nitrogens with one attached hydrogen (secondary N) is 1. The summed E-state index contributed by atoms with van der Waals surface area (Å²) in [4.78, 5) is 23.1. The van der Waals surface area contributed by atoms with E-state index >= 15 is 0 Å². The third-order valence-corrected chi connectivity index (χ3v) is 2.52. The Kier molecular flexibility index (Phi) is 3.87. The first-order valence-electron chi connectivity index (χ1n) is 5.67. The topological polar surface area (TPSA) is 59.3 Å². The molecule has 1 amide bonds. The van der Waals surface area contributed by atoms with Crippen LogP contribution >= 0.6 is 0 Å². The molecule has 0 spiro atoms. The summed E-state index contributed by atoms with van der Waals surface area (Å²) < 4.78 is 6.06. The standard InChI is InChI=1S/C14H12N2O3/c1-19-14(18)12-7-9-16(10-8-12)15-13(17)11-5-3-2-4-6-11/h2-10H,1H3/p+1. The fourth-order valence-electron chi connectivity index (χ4n) is 1.53. The molecule has 0 aliphatic carbocycles. The lowest BCUT2D eigenvalue weighted by molar-refractivity contribution is -0.641. The van der Waals surface area contributed by atoms with E-state index in [0.29, 0.717) is 11.1 Å². The molecule has 0 unspecified atom stereocenters. The van der Waals surface area contributed by atoms with Crippen molar-refractivity contribution in [2.24, 2.45) is 0 Å². The number of rotatable bonds is 3. The second-order valence-electron chi connectivity index (χ2n) is 3.79. The normalized spacial score (nSPS) is 9.74. The predicted molar refractivity (Wildman–Crippen MR) is 68.1 cm³/mol. The summed E-state index contributed by atoms with van der Waals surface area (Å²) in [6, 6.07) is 12.0. The van der Waals surface area contributed by atoms with Gasteiger partial charge in [-0.15, -0.1) is 5.43 Å². The first-order valence-corrected chi connectivity index (χ1v) is 5.67. The van der Waals surface area contributed by atoms with Crippen molar-refractivity contribution in [3.8, 4) is 0 Å². The Hall–Kier alpha value is -2.69. The second kappa shape index (κ2) is 5.77. The summed E-state index contributed by atoms with van der Waals surface area (Å²) in [6.45, 7) is 0. The van der Waals surface area contributed by atoms with Crippen LogP contribution in [0.25, 0.3) is 0 Å². The van der Waals surface area contributed by atoms with Crippen LogP contribution in [0.1, 0.15) is 20.7 Å². The first-order chi connectivity index (χ1) is 9.20. The van der Waals surface area contributed by atoms with Crippen LogP contribution in [0, 0.1) is 0 Å². The molecule has 1 heterocycles. The SMILES string of the molecule is COC(=O)c1cc[n+](NC(=O)c2ccccc2)cc1. The molecule has 0 fully saturated rings. The third kappa shape index (κ3) is 3.16. The molecular formula is C14H13N2O3+. The second-order valence-corrected chi connectivity index (χ2v) is 3.79. The Bertz CT molecular complexity index is 579. The van der Waals surface area contributed by atoms with Crippen molar-refractivity contribution in [2.45, 2.75) is 0 Å². The summed E-state index contributed by atoms with van der Waals surface area (Å²) in [5, 5.41) is 0. The minimum absolute atomic E-state index is 0.226. The molecule has 1 aromatic heterocycles. The van der Waals surface area contributed by atoms with Gasteiger partial charge in [0.2, 0.25) is 12.4 Å². The highest BCUT2D eigenvalue weighted by molar-refractivity contribution is 5.98. The van der Waals surface area contributed by atoms with Gasteiger partial charge in [-0.2, -0.15) is 0 Å². The van der Waals surface area contributed by atoms with E-state index in [2.05, 4.69) is 10.2 Å². The number of methoxy groups -OCH3 is 1. The van der Waals surface area contributed by atoms with E-state index in [4.69, 9.17) is 0 Å². The minimum Gasteiger partial charge on any atom is -0.465 e. The quantitative estimate of drug-likeness (QED) is 0.662. The zero-order valence-corrected chi connectivity index (χ0v) is 10.4. The Morgan fingerprint density at radius 1 is 1.00 bits per heavy atom. The third-order valence-electron chi connectivity index (χ3n) is 2.52. The molecular weight excluding hydrogens is 244 g/mol. The van der Waals surface area contributed by atoms with Crippen molar-refractivity contribution in [2.75, 3.05) is 12.5 Å². The zero-order chi connectivity index (χ0) is 13.7. The van der Waals surface area contributed by atoms with Crippen molar-refractivity contribution in [3.05, 3.63) is 66.0 Å². The van der Waals surface area contributed by atoms with Crippen LogP contribution in [0.4, 0.5) is 0 Å². The average Bonchev–Trinajstić information content (AvgIpc) is 2.48. The molecule has 5 nitrogen and oxygen atoms in total. The van der Waals surface area contributed by atoms with Gasteiger partial charge in [0.05, 0.1) is 12.7 Å². The number of amides is 1. The Balaban J connectivity index is 2.08. The van der Waals surface area contributed by atoms with Crippen LogP contribution in [0.5, 0.6) is 0 Å². The molecule has 0 saturated heterocycles. The first kappa shape index (κ1) is 12.8. The fraction of sp³-hybridized carbons (Fsp3) is 0.0714. The number of esters is 1. The molecule has 1 aromatic carbocycles. The van der Waals surface area contributed by atoms with Crippen molar-refractivity contribution in [1.82, 2.24) is 0 Å². The van der Waals surface area contributed by atoms with Gasteiger partial charge in [-0.1, -0.05) is 22.9 Å². The minimum atomic E-state index is -0.415. The zero-order valence-electron chi connectivity index (χ0n) is 10.4. The summed E-state index contributed by atoms with van der Waals surface area (Å²) >= 11 is 0. The maximum Gasteiger partial charge on any atom is 0.338 e. The molecule has 0 radical (unpaired) electrons. The van der Waals surface area contributed by atoms with Crippen molar-refractivity contribution < 1.29 is 19.0 Å². The van der Waals surface area contributed by atoms with Crippen LogP contribution in [-0.2, 0) is 4.74 Å². The van der Waals surface area contributed by atoms with Gasteiger partial charge in [0.25, 0.3) is 0 Å². The van der Waals surface area contributed by atoms with Gasteiger partial charge in [0, 0.05) is 17.7 Å². The van der Waals surface area contributed by atoms with Gasteiger partial charge in [-0.05, 0) is 12.1 Å². The number of carbonyl (C=O) groups is 2. The lowest BCUT2D eigenvalue weighted by Crippen LogP contribution is -2.47. The smallest absolute Gasteiger partial charge is 0.338 e. The van der Waals surface area contributed by atoms with Crippen molar-refractivity contribution >= 4 is 11.9 Å². The van der Waals surface area contributed by atoms with Crippen LogP contribution in [0.3, 0.4) is 0 Å². The Labute approximate surface area is 110 Å². The molecule has 2 aromatic rings. The van der Waals surface area contributed by atoms with E-state index in [1.54, 1.807) is 48.8 Å². The van der Waals surface area contributed by atoms with E-state index in [-0.39, 0.29) is 5.91 Å². The number of pyridine rings is 1. The van der Waals surface area contributed by atoms with E-state index in [1.165, 1.54) is 11.8 Å². The maximum atomic E-state index is 11.9. The summed E-state index contributed by atoms with van der Waals surface area (Å²) in [5.41, 5.74) is 3.65. The number of nitrogens with zero attached hydrogens (tertiary/aromatic N) is 1. The highest BCUT2D eigenvalue weighted by Crippen LogP contribution is 1.99. The highest BCUT2D eigenvalue weighted by atomic mass is 16.5. The highest BCUT2D eigenvalue weighted by Gasteiger charge is 2.12. The van der Waals surface area contributed by atoms with Gasteiger partial charge >= 0.3 is 11.9 Å². The van der Waals surface area contributed by atoms with Gasteiger partial charge < -0.3 is 4.74 Å². The molecule has 0 atom stereocenters. The molecule has 0 bridgehead atoms. The van der Waals surface area contributed by atoms with E-state index in [0.717, 1.165) is 0 Å². The van der Waals surface area contributed by atoms with E-state index in [9.17, 15) is 9.59 Å². The van der Waals surface area contributed by atoms with Gasteiger partial charge in [-0.3, -0.25) is 4.79 Å². The van der Waals surface area contributed by atoms with Crippen LogP contribution in [0.15, 0.2) is 54.9 Å². The fourth-order valence-corrected chi connectivity index (χ4v) is 1.53. The monoisotopic (exact) mass is 257 g/mol. The maximum absolute atomic E-state index is 11.9. The predicted octanol–water partition coefficient (Wildman–Crippen LogP) is 1.14. The molecule has 5 heteroatoms. The van der Waals surface area contributed by atoms with E-state index < -0.39 is 5.97 Å². The number of ether oxygens (including phenoxy) is 1. The summed E-state index contributed by atoms with van der Waals surface area (Å²) in [7, 11) is 1.32. The Morgan fingerprint density at radius 3 is 2.21 bits per heavy atom. The number of aromatic nitrogens is 1. The largest absolute Gasteiger partial charge is 0.465 e. The Morgan fingerprint density at radius 2 is 1.63 bits per heavy atom. The molecule has 0 saturated carbocycles. The number of benzene rings is 1. The average molecular weight is 257 g/mol. The van der Waals surface area contributed by atoms with Crippen LogP contribution in [0.2, 0.25) is 0 Å². The summed E-state index contributed by atoms with van der Waals surface area (Å²) in [6.07, 6.45) is 3.15. The van der Waals surface area contributed by atoms with Gasteiger partial charge in [-0.25, -0.2) is 4.79 Å².